The average molecular weight is 219 g/mol. The van der Waals surface area contributed by atoms with Gasteiger partial charge in [-0.3, -0.25) is 9.78 Å². The summed E-state index contributed by atoms with van der Waals surface area (Å²) in [4.78, 5) is 17.9. The molecular weight excluding hydrogens is 202 g/mol. The maximum atomic E-state index is 12.1. The van der Waals surface area contributed by atoms with Crippen LogP contribution in [0, 0.1) is 5.92 Å². The van der Waals surface area contributed by atoms with Gasteiger partial charge in [0, 0.05) is 37.1 Å². The minimum absolute atomic E-state index is 0.0844. The maximum Gasteiger partial charge on any atom is 0.253 e. The normalized spacial score (nSPS) is 25.5. The van der Waals surface area contributed by atoms with Crippen molar-refractivity contribution in [2.45, 2.75) is 19.4 Å². The van der Waals surface area contributed by atoms with Crippen LogP contribution in [0.25, 0.3) is 0 Å². The number of aromatic nitrogens is 1. The maximum absolute atomic E-state index is 12.1. The molecular formula is C12H17N3O. The molecule has 4 heteroatoms. The third-order valence-electron chi connectivity index (χ3n) is 3.19. The van der Waals surface area contributed by atoms with Crippen molar-refractivity contribution < 1.29 is 4.79 Å². The van der Waals surface area contributed by atoms with Crippen LogP contribution in [0.1, 0.15) is 23.7 Å². The quantitative estimate of drug-likeness (QED) is 0.763. The molecule has 1 aliphatic heterocycles. The molecule has 0 aliphatic carbocycles. The molecule has 2 atom stereocenters. The SMILES string of the molecule is CC1CN(C(=O)c2ccncc2)CCC1N. The zero-order valence-corrected chi connectivity index (χ0v) is 9.47. The number of likely N-dealkylation sites (tertiary alicyclic amines) is 1. The minimum Gasteiger partial charge on any atom is -0.338 e. The third kappa shape index (κ3) is 2.22. The van der Waals surface area contributed by atoms with Crippen LogP contribution >= 0.6 is 0 Å². The first-order valence-corrected chi connectivity index (χ1v) is 5.63. The second-order valence-electron chi connectivity index (χ2n) is 4.42. The van der Waals surface area contributed by atoms with Gasteiger partial charge in [-0.1, -0.05) is 6.92 Å². The topological polar surface area (TPSA) is 59.2 Å². The zero-order chi connectivity index (χ0) is 11.5. The van der Waals surface area contributed by atoms with E-state index in [0.717, 1.165) is 19.5 Å². The summed E-state index contributed by atoms with van der Waals surface area (Å²) in [7, 11) is 0. The van der Waals surface area contributed by atoms with Crippen LogP contribution in [0.5, 0.6) is 0 Å². The number of hydrogen-bond acceptors (Lipinski definition) is 3. The van der Waals surface area contributed by atoms with E-state index in [1.807, 2.05) is 4.90 Å². The minimum atomic E-state index is 0.0844. The number of carbonyl (C=O) groups excluding carboxylic acids is 1. The van der Waals surface area contributed by atoms with Gasteiger partial charge in [0.1, 0.15) is 0 Å². The number of pyridine rings is 1. The lowest BCUT2D eigenvalue weighted by atomic mass is 9.94. The van der Waals surface area contributed by atoms with Crippen molar-refractivity contribution in [3.8, 4) is 0 Å². The lowest BCUT2D eigenvalue weighted by molar-refractivity contribution is 0.0664. The predicted molar refractivity (Wildman–Crippen MR) is 61.9 cm³/mol. The van der Waals surface area contributed by atoms with E-state index in [0.29, 0.717) is 11.5 Å². The Morgan fingerprint density at radius 1 is 1.50 bits per heavy atom. The molecule has 4 nitrogen and oxygen atoms in total. The Kier molecular flexibility index (Phi) is 3.19. The fourth-order valence-electron chi connectivity index (χ4n) is 2.03. The van der Waals surface area contributed by atoms with Gasteiger partial charge in [0.05, 0.1) is 0 Å². The average Bonchev–Trinajstić information content (AvgIpc) is 2.33. The van der Waals surface area contributed by atoms with Gasteiger partial charge in [0.25, 0.3) is 5.91 Å². The van der Waals surface area contributed by atoms with Crippen LogP contribution in [-0.4, -0.2) is 34.9 Å². The first-order valence-electron chi connectivity index (χ1n) is 5.63. The Morgan fingerprint density at radius 3 is 2.81 bits per heavy atom. The van der Waals surface area contributed by atoms with E-state index in [1.54, 1.807) is 24.5 Å². The van der Waals surface area contributed by atoms with Crippen LogP contribution in [-0.2, 0) is 0 Å². The highest BCUT2D eigenvalue weighted by Crippen LogP contribution is 2.17. The molecule has 1 aliphatic rings. The van der Waals surface area contributed by atoms with Gasteiger partial charge in [0.2, 0.25) is 0 Å². The Hall–Kier alpha value is -1.42. The summed E-state index contributed by atoms with van der Waals surface area (Å²) in [5.41, 5.74) is 6.64. The molecule has 0 bridgehead atoms. The Balaban J connectivity index is 2.06. The first-order chi connectivity index (χ1) is 7.68. The van der Waals surface area contributed by atoms with Crippen LogP contribution in [0.3, 0.4) is 0 Å². The summed E-state index contributed by atoms with van der Waals surface area (Å²) in [6, 6.07) is 3.73. The van der Waals surface area contributed by atoms with Crippen molar-refractivity contribution in [2.24, 2.45) is 11.7 Å². The summed E-state index contributed by atoms with van der Waals surface area (Å²) >= 11 is 0. The van der Waals surface area contributed by atoms with E-state index in [1.165, 1.54) is 0 Å². The van der Waals surface area contributed by atoms with Crippen molar-refractivity contribution in [2.75, 3.05) is 13.1 Å². The summed E-state index contributed by atoms with van der Waals surface area (Å²) in [5.74, 6) is 0.459. The van der Waals surface area contributed by atoms with Gasteiger partial charge >= 0.3 is 0 Å². The lowest BCUT2D eigenvalue weighted by Crippen LogP contribution is -2.48. The van der Waals surface area contributed by atoms with Crippen LogP contribution < -0.4 is 5.73 Å². The van der Waals surface area contributed by atoms with Crippen molar-refractivity contribution in [3.63, 3.8) is 0 Å². The first kappa shape index (κ1) is 11.1. The number of carbonyl (C=O) groups is 1. The molecule has 1 aromatic heterocycles. The fourth-order valence-corrected chi connectivity index (χ4v) is 2.03. The predicted octanol–water partition coefficient (Wildman–Crippen LogP) is 0.891. The van der Waals surface area contributed by atoms with E-state index in [4.69, 9.17) is 5.73 Å². The second kappa shape index (κ2) is 4.61. The van der Waals surface area contributed by atoms with Crippen molar-refractivity contribution in [1.82, 2.24) is 9.88 Å². The molecule has 2 unspecified atom stereocenters. The largest absolute Gasteiger partial charge is 0.338 e. The van der Waals surface area contributed by atoms with Crippen molar-refractivity contribution in [1.29, 1.82) is 0 Å². The fraction of sp³-hybridized carbons (Fsp3) is 0.500. The third-order valence-corrected chi connectivity index (χ3v) is 3.19. The number of rotatable bonds is 1. The van der Waals surface area contributed by atoms with Crippen molar-refractivity contribution >= 4 is 5.91 Å². The van der Waals surface area contributed by atoms with Crippen LogP contribution in [0.2, 0.25) is 0 Å². The molecule has 0 radical (unpaired) electrons. The molecule has 2 N–H and O–H groups in total. The molecule has 2 rings (SSSR count). The van der Waals surface area contributed by atoms with Gasteiger partial charge in [0.15, 0.2) is 0 Å². The Morgan fingerprint density at radius 2 is 2.19 bits per heavy atom. The molecule has 1 saturated heterocycles. The highest BCUT2D eigenvalue weighted by Gasteiger charge is 2.26. The second-order valence-corrected chi connectivity index (χ2v) is 4.42. The zero-order valence-electron chi connectivity index (χ0n) is 9.47. The molecule has 2 heterocycles. The molecule has 0 aromatic carbocycles. The van der Waals surface area contributed by atoms with E-state index in [2.05, 4.69) is 11.9 Å². The number of piperidine rings is 1. The number of nitrogens with two attached hydrogens (primary N) is 1. The van der Waals surface area contributed by atoms with Gasteiger partial charge < -0.3 is 10.6 Å². The smallest absolute Gasteiger partial charge is 0.253 e. The lowest BCUT2D eigenvalue weighted by Gasteiger charge is -2.35. The molecule has 1 amide bonds. The number of hydrogen-bond donors (Lipinski definition) is 1. The summed E-state index contributed by atoms with van der Waals surface area (Å²) < 4.78 is 0. The molecule has 0 saturated carbocycles. The summed E-state index contributed by atoms with van der Waals surface area (Å²) in [6.07, 6.45) is 4.18. The van der Waals surface area contributed by atoms with E-state index < -0.39 is 0 Å². The van der Waals surface area contributed by atoms with E-state index in [9.17, 15) is 4.79 Å². The van der Waals surface area contributed by atoms with Crippen LogP contribution in [0.15, 0.2) is 24.5 Å². The van der Waals surface area contributed by atoms with Crippen molar-refractivity contribution in [3.05, 3.63) is 30.1 Å². The monoisotopic (exact) mass is 219 g/mol. The van der Waals surface area contributed by atoms with Gasteiger partial charge in [-0.15, -0.1) is 0 Å². The Labute approximate surface area is 95.5 Å². The molecule has 16 heavy (non-hydrogen) atoms. The van der Waals surface area contributed by atoms with E-state index in [-0.39, 0.29) is 11.9 Å². The highest BCUT2D eigenvalue weighted by molar-refractivity contribution is 5.94. The summed E-state index contributed by atoms with van der Waals surface area (Å²) in [6.45, 7) is 3.60. The Bertz CT molecular complexity index is 366. The number of nitrogens with zero attached hydrogens (tertiary/aromatic N) is 2. The molecule has 0 spiro atoms. The number of amides is 1. The van der Waals surface area contributed by atoms with Crippen LogP contribution in [0.4, 0.5) is 0 Å². The highest BCUT2D eigenvalue weighted by atomic mass is 16.2. The molecule has 86 valence electrons. The molecule has 1 aromatic rings. The van der Waals surface area contributed by atoms with Gasteiger partial charge in [-0.05, 0) is 24.5 Å². The standard InChI is InChI=1S/C12H17N3O/c1-9-8-15(7-4-11(9)13)12(16)10-2-5-14-6-3-10/h2-3,5-6,9,11H,4,7-8,13H2,1H3. The van der Waals surface area contributed by atoms with E-state index >= 15 is 0 Å². The van der Waals surface area contributed by atoms with Gasteiger partial charge in [-0.2, -0.15) is 0 Å². The summed E-state index contributed by atoms with van der Waals surface area (Å²) in [5, 5.41) is 0. The van der Waals surface area contributed by atoms with Gasteiger partial charge in [-0.25, -0.2) is 0 Å². The molecule has 1 fully saturated rings.